The number of unbranched alkanes of at least 4 members (excludes halogenated alkanes) is 2. The number of benzene rings is 4. The van der Waals surface area contributed by atoms with E-state index in [1.165, 1.54) is 54.9 Å². The van der Waals surface area contributed by atoms with Crippen molar-refractivity contribution in [1.82, 2.24) is 0 Å². The van der Waals surface area contributed by atoms with Gasteiger partial charge in [0.25, 0.3) is 0 Å². The fraction of sp³-hybridized carbons (Fsp3) is 0.538. The number of ether oxygens (including phenoxy) is 4. The van der Waals surface area contributed by atoms with E-state index in [1.807, 2.05) is 0 Å². The van der Waals surface area contributed by atoms with Gasteiger partial charge in [0, 0.05) is 38.9 Å². The maximum atomic E-state index is 6.85. The molecule has 0 radical (unpaired) electrons. The van der Waals surface area contributed by atoms with Crippen LogP contribution >= 0.6 is 0 Å². The molecule has 5 rings (SSSR count). The summed E-state index contributed by atoms with van der Waals surface area (Å²) in [5.41, 5.74) is 9.41. The van der Waals surface area contributed by atoms with Gasteiger partial charge in [0.15, 0.2) is 0 Å². The smallest absolute Gasteiger partial charge is 0.218 e. The van der Waals surface area contributed by atoms with Crippen LogP contribution in [0.3, 0.4) is 0 Å². The third kappa shape index (κ3) is 12.3. The molecule has 1 aliphatic carbocycles. The average Bonchev–Trinajstić information content (AvgIpc) is 3.22. The van der Waals surface area contributed by atoms with Crippen LogP contribution in [-0.2, 0) is 34.5 Å². The van der Waals surface area contributed by atoms with Gasteiger partial charge in [0.2, 0.25) is 16.6 Å². The predicted octanol–water partition coefficient (Wildman–Crippen LogP) is 12.0. The van der Waals surface area contributed by atoms with Gasteiger partial charge in [-0.25, -0.2) is 0 Å². The molecule has 0 aliphatic heterocycles. The van der Waals surface area contributed by atoms with E-state index < -0.39 is 16.6 Å². The van der Waals surface area contributed by atoms with Crippen molar-refractivity contribution in [3.05, 3.63) is 105 Å². The Bertz CT molecular complexity index is 1740. The van der Waals surface area contributed by atoms with Crippen LogP contribution in [0.25, 0.3) is 0 Å². The Balaban J connectivity index is 1.85. The summed E-state index contributed by atoms with van der Waals surface area (Å²) in [7, 11) is -4.59. The zero-order valence-electron chi connectivity index (χ0n) is 39.0. The van der Waals surface area contributed by atoms with E-state index in [1.54, 1.807) is 0 Å². The highest BCUT2D eigenvalue weighted by Gasteiger charge is 2.31. The minimum absolute atomic E-state index is 0.643. The minimum atomic E-state index is -2.30. The van der Waals surface area contributed by atoms with Crippen LogP contribution < -0.4 is 29.3 Å². The predicted molar refractivity (Wildman–Crippen MR) is 256 cm³/mol. The lowest BCUT2D eigenvalue weighted by atomic mass is 9.91. The zero-order valence-corrected chi connectivity index (χ0v) is 41.0. The van der Waals surface area contributed by atoms with E-state index in [2.05, 4.69) is 128 Å². The van der Waals surface area contributed by atoms with Crippen molar-refractivity contribution in [2.24, 2.45) is 0 Å². The summed E-state index contributed by atoms with van der Waals surface area (Å²) in [5, 5.41) is 2.59. The first-order valence-electron chi connectivity index (χ1n) is 23.3. The van der Waals surface area contributed by atoms with Gasteiger partial charge in [-0.15, -0.1) is 0 Å². The molecule has 0 N–H and O–H groups in total. The summed E-state index contributed by atoms with van der Waals surface area (Å²) in [6, 6.07) is 23.0. The van der Waals surface area contributed by atoms with Crippen LogP contribution in [0.15, 0.2) is 60.7 Å². The van der Waals surface area contributed by atoms with Crippen molar-refractivity contribution in [3.8, 4) is 23.0 Å². The Kier molecular flexibility index (Phi) is 18.2. The number of para-hydroxylation sites is 2. The summed E-state index contributed by atoms with van der Waals surface area (Å²) < 4.78 is 40.9. The molecule has 0 heterocycles. The molecule has 0 aromatic heterocycles. The van der Waals surface area contributed by atoms with Crippen molar-refractivity contribution in [2.75, 3.05) is 39.6 Å². The fourth-order valence-corrected chi connectivity index (χ4v) is 11.8. The second-order valence-electron chi connectivity index (χ2n) is 17.6. The quantitative estimate of drug-likeness (QED) is 0.0511. The maximum absolute atomic E-state index is 6.85. The number of hydrogen-bond acceptors (Lipinski definition) is 6. The highest BCUT2D eigenvalue weighted by atomic mass is 28.4. The van der Waals surface area contributed by atoms with E-state index in [0.717, 1.165) is 87.6 Å². The molecular formula is C52H76O6Si2. The third-order valence-electron chi connectivity index (χ3n) is 11.5. The Morgan fingerprint density at radius 3 is 0.883 bits per heavy atom. The Labute approximate surface area is 366 Å². The number of rotatable bonds is 22. The lowest BCUT2D eigenvalue weighted by molar-refractivity contribution is 0.304. The molecule has 328 valence electrons. The van der Waals surface area contributed by atoms with Gasteiger partial charge in [-0.2, -0.15) is 0 Å². The standard InChI is InChI=1S/C52H76O6Si2/c1-11-17-29-57-59(7,8)47-35-43-31-39-21-19-23-41(49(39)53-25-13-3)33-45-37-48(60(9,10)58-30-18-12-2)38-46(52(45)56-28-16-6)34-42-24-20-22-40(50(42)54-26-14-4)32-44(36-47)51(43)55-27-15-5/h19-24,35-38H,11-18,25-34H2,1-10H3. The molecule has 60 heavy (non-hydrogen) atoms. The number of hydrogen-bond donors (Lipinski definition) is 0. The van der Waals surface area contributed by atoms with Crippen LogP contribution in [-0.4, -0.2) is 56.3 Å². The van der Waals surface area contributed by atoms with E-state index >= 15 is 0 Å². The Hall–Kier alpha value is -3.57. The van der Waals surface area contributed by atoms with Crippen LogP contribution in [0.4, 0.5) is 0 Å². The zero-order chi connectivity index (χ0) is 43.1. The number of fused-ring (bicyclic) bond motifs is 8. The molecule has 0 atom stereocenters. The van der Waals surface area contributed by atoms with Crippen molar-refractivity contribution in [3.63, 3.8) is 0 Å². The van der Waals surface area contributed by atoms with Crippen molar-refractivity contribution in [1.29, 1.82) is 0 Å². The van der Waals surface area contributed by atoms with Crippen LogP contribution in [0.2, 0.25) is 26.2 Å². The summed E-state index contributed by atoms with van der Waals surface area (Å²) in [5.74, 6) is 3.90. The second-order valence-corrected chi connectivity index (χ2v) is 25.4. The van der Waals surface area contributed by atoms with Gasteiger partial charge in [0.05, 0.1) is 26.4 Å². The molecule has 4 aromatic rings. The normalized spacial score (nSPS) is 13.0. The average molecular weight is 853 g/mol. The first kappa shape index (κ1) is 47.5. The molecule has 4 aromatic carbocycles. The topological polar surface area (TPSA) is 55.4 Å². The molecule has 1 aliphatic rings. The SMILES string of the molecule is CCCCO[Si](C)(C)c1cc2c(OCCC)c(c1)Cc1cccc(c1OCCC)Cc1cc([Si](C)(C)OCCCC)cc(c1OCCC)Cc1cccc(c1OCCC)C2. The molecule has 0 unspecified atom stereocenters. The van der Waals surface area contributed by atoms with E-state index in [9.17, 15) is 0 Å². The second kappa shape index (κ2) is 23.0. The fourth-order valence-electron chi connectivity index (χ4n) is 8.05. The first-order chi connectivity index (χ1) is 29.0. The van der Waals surface area contributed by atoms with Gasteiger partial charge < -0.3 is 27.8 Å². The van der Waals surface area contributed by atoms with Crippen molar-refractivity contribution < 1.29 is 27.8 Å². The van der Waals surface area contributed by atoms with Crippen LogP contribution in [0.1, 0.15) is 137 Å². The Morgan fingerprint density at radius 1 is 0.367 bits per heavy atom. The van der Waals surface area contributed by atoms with E-state index in [0.29, 0.717) is 52.1 Å². The van der Waals surface area contributed by atoms with Gasteiger partial charge in [-0.05, 0) is 120 Å². The van der Waals surface area contributed by atoms with Gasteiger partial charge in [-0.3, -0.25) is 0 Å². The highest BCUT2D eigenvalue weighted by molar-refractivity contribution is 6.84. The van der Waals surface area contributed by atoms with E-state index in [-0.39, 0.29) is 0 Å². The summed E-state index contributed by atoms with van der Waals surface area (Å²) in [6.45, 7) is 26.7. The van der Waals surface area contributed by atoms with Gasteiger partial charge >= 0.3 is 0 Å². The largest absolute Gasteiger partial charge is 0.493 e. The molecule has 0 amide bonds. The lowest BCUT2D eigenvalue weighted by Gasteiger charge is -2.28. The van der Waals surface area contributed by atoms with Crippen molar-refractivity contribution in [2.45, 2.75) is 145 Å². The molecule has 6 nitrogen and oxygen atoms in total. The molecule has 8 heteroatoms. The van der Waals surface area contributed by atoms with E-state index in [4.69, 9.17) is 27.8 Å². The summed E-state index contributed by atoms with van der Waals surface area (Å²) in [4.78, 5) is 0. The van der Waals surface area contributed by atoms with Gasteiger partial charge in [-0.1, -0.05) is 115 Å². The monoisotopic (exact) mass is 853 g/mol. The minimum Gasteiger partial charge on any atom is -0.493 e. The van der Waals surface area contributed by atoms with Crippen LogP contribution in [0, 0.1) is 0 Å². The van der Waals surface area contributed by atoms with Gasteiger partial charge in [0.1, 0.15) is 23.0 Å². The maximum Gasteiger partial charge on any atom is 0.218 e. The molecule has 0 saturated heterocycles. The summed E-state index contributed by atoms with van der Waals surface area (Å²) in [6.07, 6.45) is 10.8. The van der Waals surface area contributed by atoms with Crippen LogP contribution in [0.5, 0.6) is 23.0 Å². The highest BCUT2D eigenvalue weighted by Crippen LogP contribution is 2.39. The van der Waals surface area contributed by atoms with Crippen molar-refractivity contribution >= 4 is 27.0 Å². The Morgan fingerprint density at radius 2 is 0.633 bits per heavy atom. The molecule has 0 fully saturated rings. The lowest BCUT2D eigenvalue weighted by Crippen LogP contribution is -2.45. The first-order valence-corrected chi connectivity index (χ1v) is 29.1. The summed E-state index contributed by atoms with van der Waals surface area (Å²) >= 11 is 0. The molecule has 8 bridgehead atoms. The third-order valence-corrected chi connectivity index (χ3v) is 16.7. The molecule has 0 spiro atoms. The molecular weight excluding hydrogens is 777 g/mol. The molecule has 0 saturated carbocycles.